The Labute approximate surface area is 88.6 Å². The largest absolute Gasteiger partial charge is 0.423 e. The van der Waals surface area contributed by atoms with Gasteiger partial charge in [0.25, 0.3) is 0 Å². The van der Waals surface area contributed by atoms with Crippen LogP contribution in [0.15, 0.2) is 40.1 Å². The molecule has 0 saturated carbocycles. The summed E-state index contributed by atoms with van der Waals surface area (Å²) in [5.74, 6) is 0. The van der Waals surface area contributed by atoms with Crippen molar-refractivity contribution in [2.45, 2.75) is 13.8 Å². The zero-order chi connectivity index (χ0) is 11.3. The summed E-state index contributed by atoms with van der Waals surface area (Å²) in [6.07, 6.45) is 8.94. The molecule has 78 valence electrons. The maximum absolute atomic E-state index is 11.3. The molecule has 1 heterocycles. The second-order valence-electron chi connectivity index (χ2n) is 3.13. The van der Waals surface area contributed by atoms with Gasteiger partial charge in [0.15, 0.2) is 0 Å². The molecule has 0 aliphatic carbocycles. The van der Waals surface area contributed by atoms with Crippen LogP contribution in [-0.4, -0.2) is 0 Å². The van der Waals surface area contributed by atoms with Gasteiger partial charge < -0.3 is 4.42 Å². The summed E-state index contributed by atoms with van der Waals surface area (Å²) in [7, 11) is 0. The van der Waals surface area contributed by atoms with Crippen LogP contribution in [0.1, 0.15) is 12.5 Å². The lowest BCUT2D eigenvalue weighted by molar-refractivity contribution is 0.469. The van der Waals surface area contributed by atoms with Crippen LogP contribution in [0.25, 0.3) is 12.2 Å². The van der Waals surface area contributed by atoms with E-state index in [-0.39, 0.29) is 5.63 Å². The Morgan fingerprint density at radius 1 is 1.40 bits per heavy atom. The maximum Gasteiger partial charge on any atom is 0.339 e. The topological polar surface area (TPSA) is 30.2 Å². The fraction of sp³-hybridized carbons (Fsp3) is 0.154. The quantitative estimate of drug-likeness (QED) is 0.723. The lowest BCUT2D eigenvalue weighted by atomic mass is 10.2. The van der Waals surface area contributed by atoms with Crippen LogP contribution in [0.4, 0.5) is 0 Å². The van der Waals surface area contributed by atoms with Gasteiger partial charge in [0.2, 0.25) is 0 Å². The summed E-state index contributed by atoms with van der Waals surface area (Å²) in [6, 6.07) is 1.79. The van der Waals surface area contributed by atoms with Crippen molar-refractivity contribution in [3.8, 4) is 0 Å². The first-order chi connectivity index (χ1) is 7.19. The van der Waals surface area contributed by atoms with Gasteiger partial charge in [-0.05, 0) is 26.0 Å². The van der Waals surface area contributed by atoms with Crippen LogP contribution in [0, 0.1) is 6.92 Å². The summed E-state index contributed by atoms with van der Waals surface area (Å²) in [4.78, 5) is 11.3. The first kappa shape index (κ1) is 11.2. The van der Waals surface area contributed by atoms with Gasteiger partial charge in [-0.3, -0.25) is 0 Å². The van der Waals surface area contributed by atoms with Crippen LogP contribution >= 0.6 is 0 Å². The summed E-state index contributed by atoms with van der Waals surface area (Å²) >= 11 is 0. The van der Waals surface area contributed by atoms with Crippen LogP contribution in [0.5, 0.6) is 0 Å². The number of allylic oxidation sites excluding steroid dienone is 3. The highest BCUT2D eigenvalue weighted by molar-refractivity contribution is 5.40. The van der Waals surface area contributed by atoms with Gasteiger partial charge in [-0.2, -0.15) is 0 Å². The summed E-state index contributed by atoms with van der Waals surface area (Å²) in [6.45, 7) is 7.25. The van der Waals surface area contributed by atoms with E-state index < -0.39 is 0 Å². The fourth-order valence-electron chi connectivity index (χ4n) is 1.17. The molecule has 0 N–H and O–H groups in total. The van der Waals surface area contributed by atoms with E-state index in [4.69, 9.17) is 4.42 Å². The SMILES string of the molecule is C=C/C=c1/cc(C)c(=O)o/c1=C/C=C\C. The minimum absolute atomic E-state index is 0.299. The van der Waals surface area contributed by atoms with E-state index in [0.29, 0.717) is 11.0 Å². The van der Waals surface area contributed by atoms with E-state index in [1.165, 1.54) is 0 Å². The van der Waals surface area contributed by atoms with Crippen molar-refractivity contribution in [2.75, 3.05) is 0 Å². The summed E-state index contributed by atoms with van der Waals surface area (Å²) < 4.78 is 5.15. The molecule has 0 fully saturated rings. The molecule has 0 bridgehead atoms. The third-order valence-corrected chi connectivity index (χ3v) is 1.92. The molecule has 15 heavy (non-hydrogen) atoms. The highest BCUT2D eigenvalue weighted by Gasteiger charge is 1.95. The lowest BCUT2D eigenvalue weighted by Gasteiger charge is -1.91. The van der Waals surface area contributed by atoms with E-state index in [9.17, 15) is 4.79 Å². The fourth-order valence-corrected chi connectivity index (χ4v) is 1.17. The van der Waals surface area contributed by atoms with Crippen molar-refractivity contribution in [2.24, 2.45) is 0 Å². The van der Waals surface area contributed by atoms with Crippen molar-refractivity contribution in [1.82, 2.24) is 0 Å². The average molecular weight is 202 g/mol. The monoisotopic (exact) mass is 202 g/mol. The number of rotatable bonds is 2. The van der Waals surface area contributed by atoms with Crippen molar-refractivity contribution < 1.29 is 4.42 Å². The third kappa shape index (κ3) is 2.81. The molecular formula is C13H14O2. The van der Waals surface area contributed by atoms with E-state index in [1.54, 1.807) is 25.1 Å². The van der Waals surface area contributed by atoms with Crippen molar-refractivity contribution in [1.29, 1.82) is 0 Å². The lowest BCUT2D eigenvalue weighted by Crippen LogP contribution is -2.29. The average Bonchev–Trinajstić information content (AvgIpc) is 2.21. The normalized spacial score (nSPS) is 13.7. The Balaban J connectivity index is 3.63. The van der Waals surface area contributed by atoms with E-state index in [0.717, 1.165) is 5.22 Å². The Kier molecular flexibility index (Phi) is 3.86. The van der Waals surface area contributed by atoms with E-state index >= 15 is 0 Å². The molecule has 0 spiro atoms. The number of hydrogen-bond acceptors (Lipinski definition) is 2. The van der Waals surface area contributed by atoms with Gasteiger partial charge in [-0.15, -0.1) is 0 Å². The van der Waals surface area contributed by atoms with Crippen molar-refractivity contribution in [3.05, 3.63) is 57.5 Å². The molecule has 0 aromatic carbocycles. The van der Waals surface area contributed by atoms with Gasteiger partial charge in [-0.25, -0.2) is 4.79 Å². The predicted molar refractivity (Wildman–Crippen MR) is 62.9 cm³/mol. The maximum atomic E-state index is 11.3. The standard InChI is InChI=1S/C13H14O2/c1-4-6-8-12-11(7-5-2)9-10(3)13(14)15-12/h4-9H,2H2,1,3H3/b6-4-,11-7-,12-8+. The predicted octanol–water partition coefficient (Wildman–Crippen LogP) is 1.27. The van der Waals surface area contributed by atoms with Crippen molar-refractivity contribution >= 4 is 12.2 Å². The van der Waals surface area contributed by atoms with E-state index in [2.05, 4.69) is 6.58 Å². The summed E-state index contributed by atoms with van der Waals surface area (Å²) in [5.41, 5.74) is 0.858. The highest BCUT2D eigenvalue weighted by Crippen LogP contribution is 1.79. The van der Waals surface area contributed by atoms with Gasteiger partial charge in [0.05, 0.1) is 0 Å². The second-order valence-corrected chi connectivity index (χ2v) is 3.13. The first-order valence-electron chi connectivity index (χ1n) is 4.75. The van der Waals surface area contributed by atoms with Gasteiger partial charge >= 0.3 is 5.63 Å². The molecule has 0 amide bonds. The van der Waals surface area contributed by atoms with Crippen LogP contribution < -0.4 is 16.3 Å². The number of aryl methyl sites for hydroxylation is 1. The Morgan fingerprint density at radius 2 is 2.13 bits per heavy atom. The molecule has 0 unspecified atom stereocenters. The highest BCUT2D eigenvalue weighted by atomic mass is 16.4. The smallest absolute Gasteiger partial charge is 0.339 e. The minimum atomic E-state index is -0.299. The van der Waals surface area contributed by atoms with Gasteiger partial charge in [0, 0.05) is 10.8 Å². The molecule has 1 aromatic rings. The molecule has 0 atom stereocenters. The van der Waals surface area contributed by atoms with Crippen LogP contribution in [-0.2, 0) is 0 Å². The summed E-state index contributed by atoms with van der Waals surface area (Å²) in [5, 5.41) is 0.861. The van der Waals surface area contributed by atoms with E-state index in [1.807, 2.05) is 25.2 Å². The van der Waals surface area contributed by atoms with Crippen LogP contribution in [0.2, 0.25) is 0 Å². The minimum Gasteiger partial charge on any atom is -0.423 e. The molecule has 2 nitrogen and oxygen atoms in total. The zero-order valence-corrected chi connectivity index (χ0v) is 8.99. The van der Waals surface area contributed by atoms with Gasteiger partial charge in [0.1, 0.15) is 5.42 Å². The Morgan fingerprint density at radius 3 is 2.73 bits per heavy atom. The first-order valence-corrected chi connectivity index (χ1v) is 4.75. The molecule has 0 aliphatic heterocycles. The zero-order valence-electron chi connectivity index (χ0n) is 8.99. The molecule has 0 saturated heterocycles. The molecule has 1 aromatic heterocycles. The van der Waals surface area contributed by atoms with Crippen LogP contribution in [0.3, 0.4) is 0 Å². The van der Waals surface area contributed by atoms with Crippen molar-refractivity contribution in [3.63, 3.8) is 0 Å². The van der Waals surface area contributed by atoms with Gasteiger partial charge in [-0.1, -0.05) is 30.9 Å². The Bertz CT molecular complexity index is 545. The molecular weight excluding hydrogens is 188 g/mol. The molecule has 0 aliphatic rings. The number of hydrogen-bond donors (Lipinski definition) is 0. The third-order valence-electron chi connectivity index (χ3n) is 1.92. The molecule has 2 heteroatoms. The Hall–Kier alpha value is -1.83. The molecule has 1 rings (SSSR count). The second kappa shape index (κ2) is 5.15. The molecule has 0 radical (unpaired) electrons.